The van der Waals surface area contributed by atoms with Gasteiger partial charge in [0.15, 0.2) is 0 Å². The van der Waals surface area contributed by atoms with Crippen molar-refractivity contribution >= 4 is 28.6 Å². The molecule has 0 radical (unpaired) electrons. The monoisotopic (exact) mass is 454 g/mol. The number of carbonyl (C=O) groups excluding carboxylic acids is 1. The van der Waals surface area contributed by atoms with Crippen LogP contribution in [0.3, 0.4) is 0 Å². The van der Waals surface area contributed by atoms with E-state index in [1.54, 1.807) is 0 Å². The van der Waals surface area contributed by atoms with E-state index in [1.165, 1.54) is 32.1 Å². The van der Waals surface area contributed by atoms with Crippen molar-refractivity contribution in [2.75, 3.05) is 0 Å². The van der Waals surface area contributed by atoms with E-state index in [4.69, 9.17) is 9.47 Å². The smallest absolute Gasteiger partial charge is 0.324 e. The highest BCUT2D eigenvalue weighted by atomic mass is 127. The number of benzene rings is 1. The third kappa shape index (κ3) is 3.19. The van der Waals surface area contributed by atoms with Crippen LogP contribution in [-0.4, -0.2) is 15.5 Å². The maximum absolute atomic E-state index is 11.9. The molecule has 1 aromatic carbocycles. The van der Waals surface area contributed by atoms with Gasteiger partial charge in [0.1, 0.15) is 21.0 Å². The van der Waals surface area contributed by atoms with Crippen LogP contribution >= 0.6 is 22.6 Å². The summed E-state index contributed by atoms with van der Waals surface area (Å²) in [6, 6.07) is 7.59. The largest absolute Gasteiger partial charge is 0.487 e. The number of esters is 1. The zero-order valence-corrected chi connectivity index (χ0v) is 17.2. The number of fused-ring (bicyclic) bond motifs is 5. The van der Waals surface area contributed by atoms with Crippen LogP contribution in [0.2, 0.25) is 0 Å². The first-order valence-corrected chi connectivity index (χ1v) is 10.9. The average molecular weight is 454 g/mol. The van der Waals surface area contributed by atoms with Gasteiger partial charge in [0.25, 0.3) is 0 Å². The van der Waals surface area contributed by atoms with Crippen LogP contribution < -0.4 is 9.47 Å². The molecule has 0 spiro atoms. The van der Waals surface area contributed by atoms with Crippen LogP contribution in [0.25, 0.3) is 0 Å². The van der Waals surface area contributed by atoms with E-state index in [0.717, 1.165) is 29.9 Å². The number of rotatable bonds is 5. The normalized spacial score (nSPS) is 36.9. The Bertz CT molecular complexity index is 643. The molecule has 0 N–H and O–H groups in total. The Morgan fingerprint density at radius 2 is 1.92 bits per heavy atom. The van der Waals surface area contributed by atoms with Gasteiger partial charge in [0.2, 0.25) is 0 Å². The van der Waals surface area contributed by atoms with Crippen molar-refractivity contribution in [3.05, 3.63) is 24.3 Å². The van der Waals surface area contributed by atoms with Crippen molar-refractivity contribution < 1.29 is 14.3 Å². The van der Waals surface area contributed by atoms with Crippen molar-refractivity contribution in [2.45, 2.75) is 61.9 Å². The molecular formula is C21H27IO3. The van der Waals surface area contributed by atoms with Crippen LogP contribution in [0.1, 0.15) is 52.4 Å². The molecule has 136 valence electrons. The Kier molecular flexibility index (Phi) is 4.76. The fourth-order valence-corrected chi connectivity index (χ4v) is 5.82. The van der Waals surface area contributed by atoms with Gasteiger partial charge in [-0.15, -0.1) is 0 Å². The van der Waals surface area contributed by atoms with Gasteiger partial charge in [-0.3, -0.25) is 4.79 Å². The van der Waals surface area contributed by atoms with Gasteiger partial charge in [0, 0.05) is 5.92 Å². The SMILES string of the molecule is CCC(I)C(=O)Oc1ccc(OC2(C)CC3CC2C2CCCC32)cc1. The number of alkyl halides is 1. The fraction of sp³-hybridized carbons (Fsp3) is 0.667. The Labute approximate surface area is 164 Å². The minimum absolute atomic E-state index is 0.0239. The lowest BCUT2D eigenvalue weighted by Gasteiger charge is -2.40. The van der Waals surface area contributed by atoms with Gasteiger partial charge in [0.05, 0.1) is 0 Å². The van der Waals surface area contributed by atoms with E-state index in [1.807, 2.05) is 31.2 Å². The molecule has 3 saturated carbocycles. The van der Waals surface area contributed by atoms with Crippen LogP contribution in [-0.2, 0) is 4.79 Å². The van der Waals surface area contributed by atoms with Gasteiger partial charge in [-0.25, -0.2) is 0 Å². The summed E-state index contributed by atoms with van der Waals surface area (Å²) in [7, 11) is 0. The van der Waals surface area contributed by atoms with Crippen LogP contribution in [0.4, 0.5) is 0 Å². The summed E-state index contributed by atoms with van der Waals surface area (Å²) in [6.45, 7) is 4.29. The molecule has 0 heterocycles. The van der Waals surface area contributed by atoms with Crippen LogP contribution in [0.15, 0.2) is 24.3 Å². The summed E-state index contributed by atoms with van der Waals surface area (Å²) in [4.78, 5) is 11.9. The van der Waals surface area contributed by atoms with Gasteiger partial charge in [-0.1, -0.05) is 35.9 Å². The minimum atomic E-state index is -0.177. The second-order valence-corrected chi connectivity index (χ2v) is 9.75. The molecule has 6 unspecified atom stereocenters. The molecule has 3 aliphatic rings. The summed E-state index contributed by atoms with van der Waals surface area (Å²) >= 11 is 2.12. The van der Waals surface area contributed by atoms with Crippen molar-refractivity contribution in [2.24, 2.45) is 23.7 Å². The van der Waals surface area contributed by atoms with E-state index in [2.05, 4.69) is 29.5 Å². The van der Waals surface area contributed by atoms with Crippen molar-refractivity contribution in [1.29, 1.82) is 0 Å². The second-order valence-electron chi connectivity index (χ2n) is 8.25. The molecule has 0 saturated heterocycles. The molecule has 0 aromatic heterocycles. The lowest BCUT2D eigenvalue weighted by atomic mass is 9.73. The average Bonchev–Trinajstić information content (AvgIpc) is 3.27. The molecule has 1 aromatic rings. The molecule has 0 amide bonds. The number of hydrogen-bond acceptors (Lipinski definition) is 3. The summed E-state index contributed by atoms with van der Waals surface area (Å²) in [5.74, 6) is 4.77. The molecular weight excluding hydrogens is 427 g/mol. The highest BCUT2D eigenvalue weighted by molar-refractivity contribution is 14.1. The first-order chi connectivity index (χ1) is 12.0. The van der Waals surface area contributed by atoms with E-state index in [-0.39, 0.29) is 15.5 Å². The standard InChI is InChI=1S/C21H27IO3/c1-3-19(22)20(23)24-14-7-9-15(10-8-14)25-21(2)12-13-11-18(21)17-6-4-5-16(13)17/h7-10,13,16-19H,3-6,11-12H2,1-2H3. The summed E-state index contributed by atoms with van der Waals surface area (Å²) in [5.41, 5.74) is -0.0239. The summed E-state index contributed by atoms with van der Waals surface area (Å²) in [6.07, 6.45) is 7.59. The fourth-order valence-electron chi connectivity index (χ4n) is 5.70. The van der Waals surface area contributed by atoms with Crippen molar-refractivity contribution in [1.82, 2.24) is 0 Å². The van der Waals surface area contributed by atoms with Gasteiger partial charge < -0.3 is 9.47 Å². The van der Waals surface area contributed by atoms with Crippen LogP contribution in [0, 0.1) is 23.7 Å². The highest BCUT2D eigenvalue weighted by Gasteiger charge is 2.60. The van der Waals surface area contributed by atoms with Crippen molar-refractivity contribution in [3.8, 4) is 11.5 Å². The Morgan fingerprint density at radius 3 is 2.64 bits per heavy atom. The number of ether oxygens (including phenoxy) is 2. The topological polar surface area (TPSA) is 35.5 Å². The number of halogens is 1. The molecule has 4 heteroatoms. The number of hydrogen-bond donors (Lipinski definition) is 0. The third-order valence-corrected chi connectivity index (χ3v) is 8.15. The molecule has 25 heavy (non-hydrogen) atoms. The molecule has 3 nitrogen and oxygen atoms in total. The van der Waals surface area contributed by atoms with Gasteiger partial charge >= 0.3 is 5.97 Å². The predicted octanol–water partition coefficient (Wildman–Crippen LogP) is 5.40. The van der Waals surface area contributed by atoms with Crippen LogP contribution in [0.5, 0.6) is 11.5 Å². The maximum atomic E-state index is 11.9. The lowest BCUT2D eigenvalue weighted by Crippen LogP contribution is -2.43. The zero-order chi connectivity index (χ0) is 17.6. The number of carbonyl (C=O) groups is 1. The lowest BCUT2D eigenvalue weighted by molar-refractivity contribution is -0.133. The van der Waals surface area contributed by atoms with E-state index in [9.17, 15) is 4.79 Å². The van der Waals surface area contributed by atoms with Gasteiger partial charge in [-0.2, -0.15) is 0 Å². The Morgan fingerprint density at radius 1 is 1.24 bits per heavy atom. The molecule has 3 fully saturated rings. The van der Waals surface area contributed by atoms with Crippen molar-refractivity contribution in [3.63, 3.8) is 0 Å². The Balaban J connectivity index is 1.41. The molecule has 3 aliphatic carbocycles. The Hall–Kier alpha value is -0.780. The molecule has 4 rings (SSSR count). The summed E-state index contributed by atoms with van der Waals surface area (Å²) < 4.78 is 11.8. The zero-order valence-electron chi connectivity index (χ0n) is 15.0. The summed E-state index contributed by atoms with van der Waals surface area (Å²) in [5, 5.41) is 0. The molecule has 2 bridgehead atoms. The quantitative estimate of drug-likeness (QED) is 0.259. The maximum Gasteiger partial charge on any atom is 0.324 e. The van der Waals surface area contributed by atoms with E-state index >= 15 is 0 Å². The predicted molar refractivity (Wildman–Crippen MR) is 106 cm³/mol. The van der Waals surface area contributed by atoms with Gasteiger partial charge in [-0.05, 0) is 81.0 Å². The first-order valence-electron chi connectivity index (χ1n) is 9.65. The molecule has 6 atom stereocenters. The third-order valence-electron chi connectivity index (χ3n) is 6.76. The minimum Gasteiger partial charge on any atom is -0.487 e. The highest BCUT2D eigenvalue weighted by Crippen LogP contribution is 2.63. The molecule has 0 aliphatic heterocycles. The van der Waals surface area contributed by atoms with E-state index < -0.39 is 0 Å². The van der Waals surface area contributed by atoms with E-state index in [0.29, 0.717) is 11.7 Å². The second kappa shape index (κ2) is 6.75. The first kappa shape index (κ1) is 17.6.